The normalized spacial score (nSPS) is 27.9. The van der Waals surface area contributed by atoms with Gasteiger partial charge in [0.05, 0.1) is 11.1 Å². The molecule has 1 saturated heterocycles. The van der Waals surface area contributed by atoms with Crippen LogP contribution in [0.5, 0.6) is 0 Å². The summed E-state index contributed by atoms with van der Waals surface area (Å²) in [4.78, 5) is 42.3. The summed E-state index contributed by atoms with van der Waals surface area (Å²) in [5, 5.41) is 0. The van der Waals surface area contributed by atoms with Crippen LogP contribution >= 0.6 is 0 Å². The summed E-state index contributed by atoms with van der Waals surface area (Å²) < 4.78 is 0. The van der Waals surface area contributed by atoms with Gasteiger partial charge in [-0.15, -0.1) is 0 Å². The lowest BCUT2D eigenvalue weighted by Crippen LogP contribution is -2.40. The minimum atomic E-state index is -0.211. The SMILES string of the molecule is O=C(c1ccc2c(c1)C(=O)N(C1CCCCC1)C2=O)N1CC2CCCCC2C1. The van der Waals surface area contributed by atoms with Crippen LogP contribution in [0.15, 0.2) is 18.2 Å². The van der Waals surface area contributed by atoms with Crippen LogP contribution in [0.25, 0.3) is 0 Å². The number of carbonyl (C=O) groups is 3. The summed E-state index contributed by atoms with van der Waals surface area (Å²) in [6.07, 6.45) is 10.1. The summed E-state index contributed by atoms with van der Waals surface area (Å²) in [5.41, 5.74) is 1.42. The fourth-order valence-corrected chi connectivity index (χ4v) is 5.82. The van der Waals surface area contributed by atoms with Crippen molar-refractivity contribution >= 4 is 17.7 Å². The fourth-order valence-electron chi connectivity index (χ4n) is 5.82. The first-order chi connectivity index (χ1) is 13.6. The van der Waals surface area contributed by atoms with Gasteiger partial charge in [-0.2, -0.15) is 0 Å². The second-order valence-corrected chi connectivity index (χ2v) is 9.05. The van der Waals surface area contributed by atoms with E-state index in [-0.39, 0.29) is 23.8 Å². The molecular formula is C23H28N2O3. The van der Waals surface area contributed by atoms with E-state index in [9.17, 15) is 14.4 Å². The minimum Gasteiger partial charge on any atom is -0.338 e. The molecule has 5 heteroatoms. The van der Waals surface area contributed by atoms with Gasteiger partial charge in [0.2, 0.25) is 0 Å². The molecule has 5 nitrogen and oxygen atoms in total. The smallest absolute Gasteiger partial charge is 0.261 e. The summed E-state index contributed by atoms with van der Waals surface area (Å²) in [6.45, 7) is 1.67. The molecule has 5 rings (SSSR count). The summed E-state index contributed by atoms with van der Waals surface area (Å²) in [6, 6.07) is 5.11. The van der Waals surface area contributed by atoms with Crippen molar-refractivity contribution in [3.8, 4) is 0 Å². The van der Waals surface area contributed by atoms with E-state index in [4.69, 9.17) is 0 Å². The van der Waals surface area contributed by atoms with E-state index >= 15 is 0 Å². The van der Waals surface area contributed by atoms with Gasteiger partial charge in [-0.25, -0.2) is 0 Å². The van der Waals surface area contributed by atoms with Gasteiger partial charge in [-0.3, -0.25) is 19.3 Å². The Morgan fingerprint density at radius 1 is 0.786 bits per heavy atom. The summed E-state index contributed by atoms with van der Waals surface area (Å²) in [7, 11) is 0. The Labute approximate surface area is 166 Å². The topological polar surface area (TPSA) is 57.7 Å². The van der Waals surface area contributed by atoms with E-state index < -0.39 is 0 Å². The molecule has 0 N–H and O–H groups in total. The second kappa shape index (κ2) is 7.02. The van der Waals surface area contributed by atoms with Crippen molar-refractivity contribution in [3.63, 3.8) is 0 Å². The van der Waals surface area contributed by atoms with Gasteiger partial charge in [0, 0.05) is 24.7 Å². The largest absolute Gasteiger partial charge is 0.338 e. The minimum absolute atomic E-state index is 0.00793. The number of nitrogens with zero attached hydrogens (tertiary/aromatic N) is 2. The lowest BCUT2D eigenvalue weighted by atomic mass is 9.82. The molecule has 2 atom stereocenters. The third-order valence-electron chi connectivity index (χ3n) is 7.37. The van der Waals surface area contributed by atoms with E-state index in [1.54, 1.807) is 18.2 Å². The van der Waals surface area contributed by atoms with Crippen molar-refractivity contribution in [3.05, 3.63) is 34.9 Å². The predicted octanol–water partition coefficient (Wildman–Crippen LogP) is 3.88. The Morgan fingerprint density at radius 3 is 2.07 bits per heavy atom. The zero-order valence-corrected chi connectivity index (χ0v) is 16.4. The molecule has 4 aliphatic rings. The molecule has 2 unspecified atom stereocenters. The van der Waals surface area contributed by atoms with Crippen LogP contribution in [0.3, 0.4) is 0 Å². The number of rotatable bonds is 2. The number of benzene rings is 1. The number of likely N-dealkylation sites (tertiary alicyclic amines) is 1. The Balaban J connectivity index is 1.37. The van der Waals surface area contributed by atoms with E-state index in [0.717, 1.165) is 38.8 Å². The molecule has 2 heterocycles. The van der Waals surface area contributed by atoms with Crippen LogP contribution < -0.4 is 0 Å². The first-order valence-corrected chi connectivity index (χ1v) is 10.9. The highest BCUT2D eigenvalue weighted by Crippen LogP contribution is 2.37. The van der Waals surface area contributed by atoms with Crippen LogP contribution in [0, 0.1) is 11.8 Å². The highest BCUT2D eigenvalue weighted by atomic mass is 16.2. The van der Waals surface area contributed by atoms with Gasteiger partial charge < -0.3 is 4.90 Å². The molecule has 0 spiro atoms. The zero-order valence-electron chi connectivity index (χ0n) is 16.4. The van der Waals surface area contributed by atoms with Crippen LogP contribution in [0.1, 0.15) is 88.9 Å². The van der Waals surface area contributed by atoms with Gasteiger partial charge in [0.15, 0.2) is 0 Å². The number of imide groups is 1. The van der Waals surface area contributed by atoms with Crippen molar-refractivity contribution in [2.24, 2.45) is 11.8 Å². The number of fused-ring (bicyclic) bond motifs is 2. The molecule has 0 bridgehead atoms. The van der Waals surface area contributed by atoms with Gasteiger partial charge in [0.25, 0.3) is 17.7 Å². The van der Waals surface area contributed by atoms with Gasteiger partial charge in [0.1, 0.15) is 0 Å². The van der Waals surface area contributed by atoms with E-state index in [2.05, 4.69) is 0 Å². The van der Waals surface area contributed by atoms with Crippen LogP contribution in [0.2, 0.25) is 0 Å². The Kier molecular flexibility index (Phi) is 4.48. The lowest BCUT2D eigenvalue weighted by Gasteiger charge is -2.29. The second-order valence-electron chi connectivity index (χ2n) is 9.05. The van der Waals surface area contributed by atoms with E-state index in [1.165, 1.54) is 37.0 Å². The van der Waals surface area contributed by atoms with Gasteiger partial charge >= 0.3 is 0 Å². The summed E-state index contributed by atoms with van der Waals surface area (Å²) >= 11 is 0. The van der Waals surface area contributed by atoms with Gasteiger partial charge in [-0.1, -0.05) is 32.1 Å². The lowest BCUT2D eigenvalue weighted by molar-refractivity contribution is 0.0548. The standard InChI is InChI=1S/C23H28N2O3/c26-21(24-13-16-6-4-5-7-17(16)14-24)15-10-11-19-20(12-15)23(28)25(22(19)27)18-8-2-1-3-9-18/h10-12,16-18H,1-9,13-14H2. The number of amides is 3. The van der Waals surface area contributed by atoms with Crippen molar-refractivity contribution in [1.29, 1.82) is 0 Å². The predicted molar refractivity (Wildman–Crippen MR) is 105 cm³/mol. The molecule has 0 aromatic heterocycles. The molecule has 2 aliphatic carbocycles. The molecule has 148 valence electrons. The third kappa shape index (κ3) is 2.87. The Bertz CT molecular complexity index is 813. The highest BCUT2D eigenvalue weighted by molar-refractivity contribution is 6.22. The maximum atomic E-state index is 13.1. The average molecular weight is 380 g/mol. The highest BCUT2D eigenvalue weighted by Gasteiger charge is 2.41. The zero-order chi connectivity index (χ0) is 19.3. The molecule has 0 radical (unpaired) electrons. The number of carbonyl (C=O) groups excluding carboxylic acids is 3. The summed E-state index contributed by atoms with van der Waals surface area (Å²) in [5.74, 6) is 0.887. The van der Waals surface area contributed by atoms with Crippen molar-refractivity contribution < 1.29 is 14.4 Å². The molecule has 2 saturated carbocycles. The van der Waals surface area contributed by atoms with E-state index in [1.807, 2.05) is 4.90 Å². The van der Waals surface area contributed by atoms with Gasteiger partial charge in [-0.05, 0) is 55.7 Å². The molecule has 3 amide bonds. The molecule has 1 aromatic carbocycles. The number of hydrogen-bond acceptors (Lipinski definition) is 3. The quantitative estimate of drug-likeness (QED) is 0.732. The van der Waals surface area contributed by atoms with E-state index in [0.29, 0.717) is 28.5 Å². The Morgan fingerprint density at radius 2 is 1.39 bits per heavy atom. The molecule has 2 aliphatic heterocycles. The van der Waals surface area contributed by atoms with Crippen molar-refractivity contribution in [2.45, 2.75) is 63.8 Å². The fraction of sp³-hybridized carbons (Fsp3) is 0.609. The third-order valence-corrected chi connectivity index (χ3v) is 7.37. The Hall–Kier alpha value is -2.17. The molecule has 1 aromatic rings. The first-order valence-electron chi connectivity index (χ1n) is 10.9. The van der Waals surface area contributed by atoms with Crippen molar-refractivity contribution in [1.82, 2.24) is 9.80 Å². The maximum absolute atomic E-state index is 13.1. The van der Waals surface area contributed by atoms with Crippen LogP contribution in [-0.4, -0.2) is 46.7 Å². The molecular weight excluding hydrogens is 352 g/mol. The maximum Gasteiger partial charge on any atom is 0.261 e. The monoisotopic (exact) mass is 380 g/mol. The van der Waals surface area contributed by atoms with Crippen LogP contribution in [0.4, 0.5) is 0 Å². The van der Waals surface area contributed by atoms with Crippen LogP contribution in [-0.2, 0) is 0 Å². The molecule has 3 fully saturated rings. The first kappa shape index (κ1) is 17.9. The van der Waals surface area contributed by atoms with Crippen molar-refractivity contribution in [2.75, 3.05) is 13.1 Å². The number of hydrogen-bond donors (Lipinski definition) is 0. The average Bonchev–Trinajstić information content (AvgIpc) is 3.27. The molecule has 28 heavy (non-hydrogen) atoms.